The Morgan fingerprint density at radius 3 is 1.36 bits per heavy atom. The highest BCUT2D eigenvalue weighted by Crippen LogP contribution is 2.06. The third-order valence-electron chi connectivity index (χ3n) is 1.49. The second-order valence-corrected chi connectivity index (χ2v) is 2.63. The Morgan fingerprint density at radius 1 is 0.714 bits per heavy atom. The van der Waals surface area contributed by atoms with Gasteiger partial charge in [-0.15, -0.1) is 0 Å². The van der Waals surface area contributed by atoms with Gasteiger partial charge in [0.15, 0.2) is 0 Å². The molecule has 2 aromatic carbocycles. The highest BCUT2D eigenvalue weighted by molar-refractivity contribution is 5.19. The molecular weight excluding hydrogens is 179 g/mol. The molecule has 0 aliphatic heterocycles. The van der Waals surface area contributed by atoms with Gasteiger partial charge in [-0.2, -0.15) is 0 Å². The molecule has 0 saturated carbocycles. The molecule has 1 nitrogen and oxygen atoms in total. The van der Waals surface area contributed by atoms with Gasteiger partial charge < -0.3 is 5.11 Å². The lowest BCUT2D eigenvalue weighted by Gasteiger charge is -1.86. The van der Waals surface area contributed by atoms with E-state index in [1.54, 1.807) is 0 Å². The zero-order chi connectivity index (χ0) is 10.2. The van der Waals surface area contributed by atoms with E-state index >= 15 is 0 Å². The normalized spacial score (nSPS) is 8.64. The Bertz CT molecular complexity index is 295. The van der Waals surface area contributed by atoms with Gasteiger partial charge in [0, 0.05) is 0 Å². The molecule has 0 spiro atoms. The van der Waals surface area contributed by atoms with E-state index in [4.69, 9.17) is 5.11 Å². The van der Waals surface area contributed by atoms with E-state index in [0.717, 1.165) is 0 Å². The second kappa shape index (κ2) is 5.75. The fraction of sp³-hybridized carbons (Fsp3) is 0. The zero-order valence-corrected chi connectivity index (χ0v) is 7.60. The van der Waals surface area contributed by atoms with Crippen LogP contribution < -0.4 is 0 Å². The van der Waals surface area contributed by atoms with Crippen molar-refractivity contribution in [1.29, 1.82) is 0 Å². The summed E-state index contributed by atoms with van der Waals surface area (Å²) in [6.07, 6.45) is 0. The summed E-state index contributed by atoms with van der Waals surface area (Å²) in [5.74, 6) is -0.241. The van der Waals surface area contributed by atoms with Gasteiger partial charge >= 0.3 is 0 Å². The minimum Gasteiger partial charge on any atom is -0.508 e. The van der Waals surface area contributed by atoms with Crippen LogP contribution >= 0.6 is 0 Å². The monoisotopic (exact) mass is 190 g/mol. The van der Waals surface area contributed by atoms with E-state index in [1.807, 2.05) is 36.4 Å². The number of aromatic hydroxyl groups is 1. The fourth-order valence-electron chi connectivity index (χ4n) is 0.826. The predicted molar refractivity (Wildman–Crippen MR) is 54.5 cm³/mol. The molecule has 1 N–H and O–H groups in total. The van der Waals surface area contributed by atoms with Crippen molar-refractivity contribution < 1.29 is 9.50 Å². The number of halogens is 1. The molecular formula is C12H11FO. The maximum absolute atomic E-state index is 12.0. The van der Waals surface area contributed by atoms with Crippen molar-refractivity contribution in [2.24, 2.45) is 0 Å². The first-order chi connectivity index (χ1) is 6.79. The molecule has 72 valence electrons. The molecule has 0 radical (unpaired) electrons. The highest BCUT2D eigenvalue weighted by Gasteiger charge is 1.85. The Labute approximate surface area is 82.5 Å². The van der Waals surface area contributed by atoms with Crippen LogP contribution in [-0.4, -0.2) is 5.11 Å². The van der Waals surface area contributed by atoms with E-state index in [2.05, 4.69) is 0 Å². The van der Waals surface area contributed by atoms with Crippen molar-refractivity contribution >= 4 is 0 Å². The van der Waals surface area contributed by atoms with Gasteiger partial charge in [-0.05, 0) is 24.3 Å². The van der Waals surface area contributed by atoms with E-state index < -0.39 is 0 Å². The molecule has 0 saturated heterocycles. The van der Waals surface area contributed by atoms with Crippen LogP contribution in [0.15, 0.2) is 60.7 Å². The summed E-state index contributed by atoms with van der Waals surface area (Å²) in [7, 11) is 0. The topological polar surface area (TPSA) is 20.2 Å². The fourth-order valence-corrected chi connectivity index (χ4v) is 0.826. The molecule has 0 aliphatic carbocycles. The Hall–Kier alpha value is -1.83. The maximum atomic E-state index is 12.0. The summed E-state index contributed by atoms with van der Waals surface area (Å²) >= 11 is 0. The number of phenols is 1. The van der Waals surface area contributed by atoms with Crippen molar-refractivity contribution in [3.05, 3.63) is 66.5 Å². The van der Waals surface area contributed by atoms with Gasteiger partial charge in [0.2, 0.25) is 0 Å². The van der Waals surface area contributed by atoms with E-state index in [-0.39, 0.29) is 11.6 Å². The average molecular weight is 190 g/mol. The number of hydrogen-bond donors (Lipinski definition) is 1. The number of benzene rings is 2. The molecule has 0 fully saturated rings. The standard InChI is InChI=1S/C6H5FO.C6H6/c7-5-1-3-6(8)4-2-5;1-2-4-6-5-3-1/h1-4,8H;1-6H. The third-order valence-corrected chi connectivity index (χ3v) is 1.49. The summed E-state index contributed by atoms with van der Waals surface area (Å²) in [6, 6.07) is 17.0. The molecule has 0 amide bonds. The van der Waals surface area contributed by atoms with Gasteiger partial charge in [0.1, 0.15) is 11.6 Å². The molecule has 14 heavy (non-hydrogen) atoms. The Morgan fingerprint density at radius 2 is 1.07 bits per heavy atom. The third kappa shape index (κ3) is 4.26. The zero-order valence-electron chi connectivity index (χ0n) is 7.60. The first-order valence-corrected chi connectivity index (χ1v) is 4.23. The molecule has 0 bridgehead atoms. The lowest BCUT2D eigenvalue weighted by Crippen LogP contribution is -1.67. The summed E-state index contributed by atoms with van der Waals surface area (Å²) < 4.78 is 12.0. The van der Waals surface area contributed by atoms with Crippen molar-refractivity contribution in [2.45, 2.75) is 0 Å². The number of hydrogen-bond acceptors (Lipinski definition) is 1. The van der Waals surface area contributed by atoms with Gasteiger partial charge in [-0.25, -0.2) is 4.39 Å². The van der Waals surface area contributed by atoms with Crippen LogP contribution in [0, 0.1) is 5.82 Å². The van der Waals surface area contributed by atoms with E-state index in [1.165, 1.54) is 24.3 Å². The SMILES string of the molecule is Oc1ccc(F)cc1.c1ccccc1. The minimum absolute atomic E-state index is 0.0893. The summed E-state index contributed by atoms with van der Waals surface area (Å²) in [6.45, 7) is 0. The Balaban J connectivity index is 0.000000146. The lowest BCUT2D eigenvalue weighted by molar-refractivity contribution is 0.473. The first kappa shape index (κ1) is 10.3. The quantitative estimate of drug-likeness (QED) is 0.676. The van der Waals surface area contributed by atoms with Gasteiger partial charge in [-0.1, -0.05) is 36.4 Å². The van der Waals surface area contributed by atoms with Crippen molar-refractivity contribution in [3.63, 3.8) is 0 Å². The summed E-state index contributed by atoms with van der Waals surface area (Å²) in [4.78, 5) is 0. The van der Waals surface area contributed by atoms with Crippen molar-refractivity contribution in [1.82, 2.24) is 0 Å². The molecule has 2 heteroatoms. The van der Waals surface area contributed by atoms with E-state index in [0.29, 0.717) is 0 Å². The molecule has 2 rings (SSSR count). The second-order valence-electron chi connectivity index (χ2n) is 2.63. The van der Waals surface area contributed by atoms with Crippen LogP contribution in [-0.2, 0) is 0 Å². The predicted octanol–water partition coefficient (Wildman–Crippen LogP) is 3.22. The molecule has 0 aromatic heterocycles. The van der Waals surface area contributed by atoms with Crippen LogP contribution in [0.5, 0.6) is 5.75 Å². The average Bonchev–Trinajstić information content (AvgIpc) is 2.26. The molecule has 0 unspecified atom stereocenters. The van der Waals surface area contributed by atoms with E-state index in [9.17, 15) is 4.39 Å². The van der Waals surface area contributed by atoms with Gasteiger partial charge in [0.25, 0.3) is 0 Å². The number of phenolic OH excluding ortho intramolecular Hbond substituents is 1. The van der Waals surface area contributed by atoms with Crippen LogP contribution in [0.4, 0.5) is 4.39 Å². The Kier molecular flexibility index (Phi) is 4.21. The largest absolute Gasteiger partial charge is 0.508 e. The van der Waals surface area contributed by atoms with Crippen LogP contribution in [0.25, 0.3) is 0 Å². The maximum Gasteiger partial charge on any atom is 0.123 e. The van der Waals surface area contributed by atoms with Crippen molar-refractivity contribution in [2.75, 3.05) is 0 Å². The van der Waals surface area contributed by atoms with Gasteiger partial charge in [-0.3, -0.25) is 0 Å². The first-order valence-electron chi connectivity index (χ1n) is 4.23. The van der Waals surface area contributed by atoms with Crippen LogP contribution in [0.1, 0.15) is 0 Å². The lowest BCUT2D eigenvalue weighted by atomic mass is 10.3. The molecule has 0 atom stereocenters. The molecule has 2 aromatic rings. The van der Waals surface area contributed by atoms with Crippen molar-refractivity contribution in [3.8, 4) is 5.75 Å². The smallest absolute Gasteiger partial charge is 0.123 e. The summed E-state index contributed by atoms with van der Waals surface area (Å²) in [5.41, 5.74) is 0. The number of rotatable bonds is 0. The highest BCUT2D eigenvalue weighted by atomic mass is 19.1. The van der Waals surface area contributed by atoms with Crippen LogP contribution in [0.2, 0.25) is 0 Å². The van der Waals surface area contributed by atoms with Crippen LogP contribution in [0.3, 0.4) is 0 Å². The molecule has 0 heterocycles. The minimum atomic E-state index is -0.331. The molecule has 0 aliphatic rings. The summed E-state index contributed by atoms with van der Waals surface area (Å²) in [5, 5.41) is 8.59. The van der Waals surface area contributed by atoms with Gasteiger partial charge in [0.05, 0.1) is 0 Å².